The molecule has 0 aliphatic heterocycles. The van der Waals surface area contributed by atoms with E-state index in [4.69, 9.17) is 4.74 Å². The third-order valence-corrected chi connectivity index (χ3v) is 15.7. The number of hydrogen-bond donors (Lipinski definition) is 0. The SMILES string of the molecule is CCOC(=O)CCCCCP(Br)(c1ccccc1)(c1ccccc1)c1ccccc1. The number of esters is 1. The molecule has 0 spiro atoms. The van der Waals surface area contributed by atoms with Gasteiger partial charge in [-0.1, -0.05) is 0 Å². The molecule has 3 aromatic rings. The Morgan fingerprint density at radius 2 is 1.17 bits per heavy atom. The Labute approximate surface area is 188 Å². The van der Waals surface area contributed by atoms with Gasteiger partial charge in [-0.05, 0) is 0 Å². The van der Waals surface area contributed by atoms with E-state index in [0.29, 0.717) is 13.0 Å². The van der Waals surface area contributed by atoms with Gasteiger partial charge in [0.05, 0.1) is 0 Å². The summed E-state index contributed by atoms with van der Waals surface area (Å²) in [7, 11) is 0. The summed E-state index contributed by atoms with van der Waals surface area (Å²) in [6.07, 6.45) is 4.38. The zero-order valence-electron chi connectivity index (χ0n) is 17.5. The molecule has 0 aromatic heterocycles. The van der Waals surface area contributed by atoms with Gasteiger partial charge in [0.2, 0.25) is 0 Å². The third-order valence-electron chi connectivity index (χ3n) is 5.65. The molecule has 0 saturated carbocycles. The number of ether oxygens (including phenoxy) is 1. The van der Waals surface area contributed by atoms with Gasteiger partial charge in [-0.15, -0.1) is 0 Å². The molecule has 3 aromatic carbocycles. The summed E-state index contributed by atoms with van der Waals surface area (Å²) in [5, 5.41) is 1.18. The molecule has 158 valence electrons. The average molecular weight is 485 g/mol. The molecule has 0 unspecified atom stereocenters. The van der Waals surface area contributed by atoms with Gasteiger partial charge < -0.3 is 0 Å². The van der Waals surface area contributed by atoms with Crippen LogP contribution in [-0.4, -0.2) is 18.7 Å². The van der Waals surface area contributed by atoms with E-state index in [1.807, 2.05) is 6.92 Å². The molecule has 3 rings (SSSR count). The quantitative estimate of drug-likeness (QED) is 0.202. The second-order valence-corrected chi connectivity index (χ2v) is 16.6. The van der Waals surface area contributed by atoms with Crippen molar-refractivity contribution in [1.29, 1.82) is 0 Å². The van der Waals surface area contributed by atoms with Crippen LogP contribution in [-0.2, 0) is 9.53 Å². The van der Waals surface area contributed by atoms with E-state index in [1.165, 1.54) is 15.9 Å². The van der Waals surface area contributed by atoms with E-state index in [2.05, 4.69) is 106 Å². The second-order valence-electron chi connectivity index (χ2n) is 7.53. The first-order valence-electron chi connectivity index (χ1n) is 10.6. The number of hydrogen-bond acceptors (Lipinski definition) is 2. The van der Waals surface area contributed by atoms with Gasteiger partial charge in [-0.3, -0.25) is 0 Å². The Morgan fingerprint density at radius 1 is 0.733 bits per heavy atom. The van der Waals surface area contributed by atoms with Crippen molar-refractivity contribution in [3.8, 4) is 0 Å². The van der Waals surface area contributed by atoms with Crippen molar-refractivity contribution < 1.29 is 9.53 Å². The Balaban J connectivity index is 1.99. The molecule has 2 nitrogen and oxygen atoms in total. The molecule has 0 N–H and O–H groups in total. The van der Waals surface area contributed by atoms with Gasteiger partial charge >= 0.3 is 189 Å². The van der Waals surface area contributed by atoms with Crippen molar-refractivity contribution in [2.75, 3.05) is 12.8 Å². The van der Waals surface area contributed by atoms with E-state index >= 15 is 0 Å². The molecular weight excluding hydrogens is 455 g/mol. The molecule has 4 heteroatoms. The van der Waals surface area contributed by atoms with Crippen LogP contribution in [0.5, 0.6) is 0 Å². The monoisotopic (exact) mass is 484 g/mol. The maximum atomic E-state index is 11.7. The van der Waals surface area contributed by atoms with Crippen LogP contribution in [0.4, 0.5) is 0 Å². The van der Waals surface area contributed by atoms with E-state index < -0.39 is 5.31 Å². The van der Waals surface area contributed by atoms with Crippen molar-refractivity contribution in [3.63, 3.8) is 0 Å². The molecule has 0 atom stereocenters. The maximum absolute atomic E-state index is 11.7. The fourth-order valence-corrected chi connectivity index (χ4v) is 11.9. The first-order chi connectivity index (χ1) is 14.6. The molecular formula is C26H30BrO2P. The second kappa shape index (κ2) is 10.4. The molecule has 0 heterocycles. The molecule has 0 aliphatic carbocycles. The van der Waals surface area contributed by atoms with Gasteiger partial charge in [0.25, 0.3) is 0 Å². The van der Waals surface area contributed by atoms with Crippen LogP contribution in [0.2, 0.25) is 0 Å². The summed E-state index contributed by atoms with van der Waals surface area (Å²) in [6.45, 7) is 2.30. The summed E-state index contributed by atoms with van der Waals surface area (Å²) >= 11 is 4.46. The van der Waals surface area contributed by atoms with E-state index in [9.17, 15) is 4.79 Å². The third kappa shape index (κ3) is 4.68. The molecule has 0 fully saturated rings. The van der Waals surface area contributed by atoms with E-state index in [0.717, 1.165) is 25.4 Å². The van der Waals surface area contributed by atoms with Gasteiger partial charge in [0, 0.05) is 0 Å². The van der Waals surface area contributed by atoms with Crippen molar-refractivity contribution in [2.45, 2.75) is 32.6 Å². The van der Waals surface area contributed by atoms with Gasteiger partial charge in [-0.25, -0.2) is 0 Å². The first kappa shape index (κ1) is 22.7. The molecule has 0 saturated heterocycles. The number of rotatable bonds is 10. The predicted molar refractivity (Wildman–Crippen MR) is 134 cm³/mol. The standard InChI is InChI=1S/C26H30BrO2P/c1-2-29-26(28)21-13-6-14-22-30(27,23-15-7-3-8-16-23,24-17-9-4-10-18-24)25-19-11-5-12-20-25/h3-5,7-12,15-20H,2,6,13-14,21-22H2,1H3. The number of carbonyl (C=O) groups excluding carboxylic acids is 1. The van der Waals surface area contributed by atoms with E-state index in [-0.39, 0.29) is 5.97 Å². The minimum absolute atomic E-state index is 0.0944. The zero-order chi connectivity index (χ0) is 21.3. The Bertz CT molecular complexity index is 830. The van der Waals surface area contributed by atoms with Crippen LogP contribution in [0.15, 0.2) is 91.0 Å². The summed E-state index contributed by atoms with van der Waals surface area (Å²) in [5.41, 5.74) is 0. The van der Waals surface area contributed by atoms with Gasteiger partial charge in [0.1, 0.15) is 0 Å². The number of unbranched alkanes of at least 4 members (excludes halogenated alkanes) is 2. The van der Waals surface area contributed by atoms with Crippen molar-refractivity contribution in [1.82, 2.24) is 0 Å². The Morgan fingerprint density at radius 3 is 1.57 bits per heavy atom. The fraction of sp³-hybridized carbons (Fsp3) is 0.269. The Kier molecular flexibility index (Phi) is 7.86. The molecule has 0 bridgehead atoms. The summed E-state index contributed by atoms with van der Waals surface area (Å²) in [5.74, 6) is -0.0944. The number of halogens is 1. The van der Waals surface area contributed by atoms with Gasteiger partial charge in [0.15, 0.2) is 0 Å². The summed E-state index contributed by atoms with van der Waals surface area (Å²) < 4.78 is 5.08. The van der Waals surface area contributed by atoms with Crippen LogP contribution in [0, 0.1) is 0 Å². The topological polar surface area (TPSA) is 26.3 Å². The van der Waals surface area contributed by atoms with Crippen molar-refractivity contribution in [3.05, 3.63) is 91.0 Å². The van der Waals surface area contributed by atoms with Crippen LogP contribution < -0.4 is 15.9 Å². The molecule has 0 aliphatic rings. The van der Waals surface area contributed by atoms with Crippen molar-refractivity contribution in [2.24, 2.45) is 0 Å². The number of benzene rings is 3. The summed E-state index contributed by atoms with van der Waals surface area (Å²) in [6, 6.07) is 32.5. The van der Waals surface area contributed by atoms with Crippen LogP contribution in [0.25, 0.3) is 0 Å². The summed E-state index contributed by atoms with van der Waals surface area (Å²) in [4.78, 5) is 11.7. The van der Waals surface area contributed by atoms with Crippen LogP contribution >= 0.6 is 20.8 Å². The normalized spacial score (nSPS) is 12.7. The first-order valence-corrected chi connectivity index (χ1v) is 15.1. The average Bonchev–Trinajstić information content (AvgIpc) is 2.81. The predicted octanol–water partition coefficient (Wildman–Crippen LogP) is 5.95. The fourth-order valence-electron chi connectivity index (χ4n) is 4.14. The van der Waals surface area contributed by atoms with Gasteiger partial charge in [-0.2, -0.15) is 0 Å². The number of carbonyl (C=O) groups is 1. The molecule has 0 amide bonds. The van der Waals surface area contributed by atoms with Crippen LogP contribution in [0.3, 0.4) is 0 Å². The van der Waals surface area contributed by atoms with Crippen molar-refractivity contribution >= 4 is 42.7 Å². The Hall–Kier alpha value is -1.96. The van der Waals surface area contributed by atoms with Crippen LogP contribution in [0.1, 0.15) is 32.6 Å². The molecule has 30 heavy (non-hydrogen) atoms. The minimum atomic E-state index is -2.83. The zero-order valence-corrected chi connectivity index (χ0v) is 20.0. The molecule has 0 radical (unpaired) electrons. The van der Waals surface area contributed by atoms with E-state index in [1.54, 1.807) is 0 Å².